The summed E-state index contributed by atoms with van der Waals surface area (Å²) in [4.78, 5) is 32.4. The Labute approximate surface area is 303 Å². The zero-order chi connectivity index (χ0) is 35.6. The summed E-state index contributed by atoms with van der Waals surface area (Å²) in [5, 5.41) is 16.5. The average Bonchev–Trinajstić information content (AvgIpc) is 3.05. The van der Waals surface area contributed by atoms with Crippen LogP contribution in [0.2, 0.25) is 5.02 Å². The number of carbonyl (C=O) groups excluding carboxylic acids is 2. The maximum absolute atomic E-state index is 16.3. The van der Waals surface area contributed by atoms with Gasteiger partial charge in [-0.15, -0.1) is 0 Å². The highest BCUT2D eigenvalue weighted by Gasteiger charge is 2.34. The van der Waals surface area contributed by atoms with E-state index in [1.807, 2.05) is 44.2 Å². The molecule has 1 aliphatic heterocycles. The smallest absolute Gasteiger partial charge is 0.413 e. The Balaban J connectivity index is 1.48. The number of methoxy groups -OCH3 is 1. The zero-order valence-electron chi connectivity index (χ0n) is 28.0. The quantitative estimate of drug-likeness (QED) is 0.171. The van der Waals surface area contributed by atoms with Crippen molar-refractivity contribution in [1.29, 1.82) is 5.26 Å². The van der Waals surface area contributed by atoms with Crippen LogP contribution in [0.4, 0.5) is 20.7 Å². The fraction of sp³-hybridized carbons (Fsp3) is 0.297. The maximum Gasteiger partial charge on any atom is 0.413 e. The van der Waals surface area contributed by atoms with Crippen LogP contribution < -0.4 is 15.4 Å². The number of pyridine rings is 1. The monoisotopic (exact) mass is 795 g/mol. The SMILES string of the molecule is COc1ccc(CNc2cc(C)c(I)c(-c3c(F)cc4c(c3Cl)CCN(C(C)c3cccnc3NC(=O)OC(C)(C)C)C4=O)c2C#N)cc1. The van der Waals surface area contributed by atoms with E-state index in [1.165, 1.54) is 12.3 Å². The Morgan fingerprint density at radius 3 is 2.57 bits per heavy atom. The number of fused-ring (bicyclic) bond motifs is 1. The second kappa shape index (κ2) is 14.6. The lowest BCUT2D eigenvalue weighted by Crippen LogP contribution is -2.40. The van der Waals surface area contributed by atoms with Crippen molar-refractivity contribution in [2.45, 2.75) is 59.2 Å². The van der Waals surface area contributed by atoms with Gasteiger partial charge >= 0.3 is 6.09 Å². The van der Waals surface area contributed by atoms with Crippen molar-refractivity contribution < 1.29 is 23.5 Å². The second-order valence-electron chi connectivity index (χ2n) is 12.7. The average molecular weight is 796 g/mol. The zero-order valence-corrected chi connectivity index (χ0v) is 30.9. The lowest BCUT2D eigenvalue weighted by atomic mass is 9.89. The van der Waals surface area contributed by atoms with Gasteiger partial charge in [0, 0.05) is 45.1 Å². The highest BCUT2D eigenvalue weighted by atomic mass is 127. The van der Waals surface area contributed by atoms with Crippen LogP contribution in [0.1, 0.15) is 71.9 Å². The number of anilines is 2. The molecule has 0 fully saturated rings. The predicted octanol–water partition coefficient (Wildman–Crippen LogP) is 9.05. The summed E-state index contributed by atoms with van der Waals surface area (Å²) in [7, 11) is 1.60. The van der Waals surface area contributed by atoms with Crippen molar-refractivity contribution >= 4 is 57.7 Å². The largest absolute Gasteiger partial charge is 0.497 e. The molecule has 0 spiro atoms. The van der Waals surface area contributed by atoms with Gasteiger partial charge in [0.2, 0.25) is 0 Å². The first-order valence-corrected chi connectivity index (χ1v) is 17.1. The molecule has 0 saturated heterocycles. The first-order valence-electron chi connectivity index (χ1n) is 15.6. The van der Waals surface area contributed by atoms with Gasteiger partial charge < -0.3 is 19.7 Å². The molecule has 12 heteroatoms. The topological polar surface area (TPSA) is 117 Å². The van der Waals surface area contributed by atoms with Crippen molar-refractivity contribution in [1.82, 2.24) is 9.88 Å². The molecule has 1 aliphatic rings. The van der Waals surface area contributed by atoms with Crippen LogP contribution in [0, 0.1) is 27.6 Å². The van der Waals surface area contributed by atoms with Crippen LogP contribution in [0.5, 0.6) is 5.75 Å². The maximum atomic E-state index is 16.3. The van der Waals surface area contributed by atoms with Gasteiger partial charge in [0.25, 0.3) is 5.91 Å². The molecule has 1 unspecified atom stereocenters. The van der Waals surface area contributed by atoms with E-state index < -0.39 is 29.5 Å². The molecule has 4 aromatic rings. The number of carbonyl (C=O) groups is 2. The van der Waals surface area contributed by atoms with E-state index in [0.717, 1.165) is 16.9 Å². The van der Waals surface area contributed by atoms with E-state index in [2.05, 4.69) is 44.3 Å². The minimum absolute atomic E-state index is 0.0861. The molecule has 1 atom stereocenters. The minimum atomic E-state index is -0.709. The van der Waals surface area contributed by atoms with Crippen LogP contribution in [0.15, 0.2) is 54.7 Å². The van der Waals surface area contributed by atoms with E-state index >= 15 is 4.39 Å². The Kier molecular flexibility index (Phi) is 10.7. The van der Waals surface area contributed by atoms with Crippen molar-refractivity contribution in [3.63, 3.8) is 0 Å². The third kappa shape index (κ3) is 7.60. The number of halogens is 3. The van der Waals surface area contributed by atoms with Gasteiger partial charge in [0.15, 0.2) is 0 Å². The van der Waals surface area contributed by atoms with Gasteiger partial charge in [-0.2, -0.15) is 5.26 Å². The van der Waals surface area contributed by atoms with Crippen molar-refractivity contribution in [3.8, 4) is 22.9 Å². The molecule has 2 heterocycles. The molecule has 1 aromatic heterocycles. The predicted molar refractivity (Wildman–Crippen MR) is 197 cm³/mol. The van der Waals surface area contributed by atoms with Crippen LogP contribution >= 0.6 is 34.2 Å². The van der Waals surface area contributed by atoms with E-state index in [1.54, 1.807) is 44.9 Å². The third-order valence-corrected chi connectivity index (χ3v) is 10.0. The minimum Gasteiger partial charge on any atom is -0.497 e. The summed E-state index contributed by atoms with van der Waals surface area (Å²) >= 11 is 9.10. The number of nitriles is 1. The van der Waals surface area contributed by atoms with Crippen molar-refractivity contribution in [3.05, 3.63) is 103 Å². The van der Waals surface area contributed by atoms with E-state index in [9.17, 15) is 14.9 Å². The highest BCUT2D eigenvalue weighted by Crippen LogP contribution is 2.44. The fourth-order valence-electron chi connectivity index (χ4n) is 5.83. The molecular formula is C37H36ClFIN5O4. The molecule has 0 bridgehead atoms. The van der Waals surface area contributed by atoms with Crippen molar-refractivity contribution in [2.75, 3.05) is 24.3 Å². The van der Waals surface area contributed by atoms with Gasteiger partial charge in [0.05, 0.1) is 29.4 Å². The van der Waals surface area contributed by atoms with Crippen LogP contribution in [-0.4, -0.2) is 41.1 Å². The third-order valence-electron chi connectivity index (χ3n) is 8.24. The van der Waals surface area contributed by atoms with E-state index in [-0.39, 0.29) is 34.1 Å². The Bertz CT molecular complexity index is 1970. The summed E-state index contributed by atoms with van der Waals surface area (Å²) in [5.74, 6) is -0.118. The van der Waals surface area contributed by atoms with Crippen LogP contribution in [0.3, 0.4) is 0 Å². The number of ether oxygens (including phenoxy) is 2. The van der Waals surface area contributed by atoms with Gasteiger partial charge in [0.1, 0.15) is 29.1 Å². The van der Waals surface area contributed by atoms with Gasteiger partial charge in [-0.3, -0.25) is 10.1 Å². The molecular weight excluding hydrogens is 760 g/mol. The fourth-order valence-corrected chi connectivity index (χ4v) is 6.91. The number of rotatable bonds is 8. The van der Waals surface area contributed by atoms with E-state index in [0.29, 0.717) is 38.9 Å². The number of nitrogens with one attached hydrogen (secondary N) is 2. The molecule has 0 saturated carbocycles. The highest BCUT2D eigenvalue weighted by molar-refractivity contribution is 14.1. The lowest BCUT2D eigenvalue weighted by Gasteiger charge is -2.35. The molecule has 5 rings (SSSR count). The summed E-state index contributed by atoms with van der Waals surface area (Å²) in [6.45, 7) is 9.69. The number of nitrogens with zero attached hydrogens (tertiary/aromatic N) is 3. The molecule has 49 heavy (non-hydrogen) atoms. The first kappa shape index (κ1) is 35.9. The summed E-state index contributed by atoms with van der Waals surface area (Å²) in [6, 6.07) is 15.9. The number of amides is 2. The molecule has 0 radical (unpaired) electrons. The number of benzene rings is 3. The summed E-state index contributed by atoms with van der Waals surface area (Å²) in [5.41, 5.74) is 3.61. The Morgan fingerprint density at radius 2 is 1.92 bits per heavy atom. The van der Waals surface area contributed by atoms with Gasteiger partial charge in [-0.25, -0.2) is 14.2 Å². The second-order valence-corrected chi connectivity index (χ2v) is 14.1. The molecule has 0 aliphatic carbocycles. The Morgan fingerprint density at radius 1 is 1.20 bits per heavy atom. The molecule has 2 N–H and O–H groups in total. The first-order chi connectivity index (χ1) is 23.2. The number of hydrogen-bond acceptors (Lipinski definition) is 7. The number of aryl methyl sites for hydroxylation is 1. The number of hydrogen-bond donors (Lipinski definition) is 2. The normalized spacial score (nSPS) is 13.3. The van der Waals surface area contributed by atoms with Crippen LogP contribution in [0.25, 0.3) is 11.1 Å². The molecule has 254 valence electrons. The Hall–Kier alpha value is -4.41. The van der Waals surface area contributed by atoms with Gasteiger partial charge in [-0.05, 0) is 111 Å². The summed E-state index contributed by atoms with van der Waals surface area (Å²) in [6.07, 6.45) is 1.21. The van der Waals surface area contributed by atoms with Crippen molar-refractivity contribution in [2.24, 2.45) is 0 Å². The van der Waals surface area contributed by atoms with Gasteiger partial charge in [-0.1, -0.05) is 29.8 Å². The lowest BCUT2D eigenvalue weighted by molar-refractivity contribution is 0.0635. The van der Waals surface area contributed by atoms with Crippen LogP contribution in [-0.2, 0) is 17.7 Å². The van der Waals surface area contributed by atoms with E-state index in [4.69, 9.17) is 21.1 Å². The molecule has 9 nitrogen and oxygen atoms in total. The summed E-state index contributed by atoms with van der Waals surface area (Å²) < 4.78 is 27.6. The number of aromatic nitrogens is 1. The standard InChI is InChI=1S/C37H36ClFIN5O4/c1-20-16-29(43-19-22-9-11-23(48-6)12-10-22)27(18-41)30(33(20)40)31-28(39)17-26-25(32(31)38)13-15-45(35(26)46)21(2)24-8-7-14-42-34(24)44-36(47)49-37(3,4)5/h7-12,14,16-17,21,43H,13,15,19H2,1-6H3,(H,42,44,47). The molecule has 2 amide bonds. The molecule has 3 aromatic carbocycles.